The molecule has 8 heavy (non-hydrogen) atoms. The van der Waals surface area contributed by atoms with E-state index in [9.17, 15) is 10.1 Å². The highest BCUT2D eigenvalue weighted by Crippen LogP contribution is 1.80. The second-order valence-electron chi connectivity index (χ2n) is 0.741. The fourth-order valence-corrected chi connectivity index (χ4v) is 0.0986. The second kappa shape index (κ2) is 5.72. The largest absolute Gasteiger partial charge is 0.369 e. The number of rotatable bonds is 2. The van der Waals surface area contributed by atoms with Crippen LogP contribution in [0.4, 0.5) is 0 Å². The van der Waals surface area contributed by atoms with Gasteiger partial charge in [-0.2, -0.15) is 0 Å². The van der Waals surface area contributed by atoms with Crippen molar-refractivity contribution in [2.75, 3.05) is 6.54 Å². The number of nitrogens with zero attached hydrogens (tertiary/aromatic N) is 2. The summed E-state index contributed by atoms with van der Waals surface area (Å²) >= 11 is 0. The van der Waals surface area contributed by atoms with Gasteiger partial charge in [0, 0.05) is 0 Å². The zero-order valence-electron chi connectivity index (χ0n) is 4.50. The van der Waals surface area contributed by atoms with Crippen LogP contribution in [-0.4, -0.2) is 11.6 Å². The highest BCUT2D eigenvalue weighted by atomic mass is 16.7. The summed E-state index contributed by atoms with van der Waals surface area (Å²) in [5, 5.41) is 8.50. The Kier molecular flexibility index (Phi) is 7.06. The first-order valence-corrected chi connectivity index (χ1v) is 1.52. The first-order valence-electron chi connectivity index (χ1n) is 1.52. The molecule has 0 amide bonds. The summed E-state index contributed by atoms with van der Waals surface area (Å²) in [5.74, 6) is 1.99. The normalized spacial score (nSPS) is 5.88. The molecule has 0 aromatic heterocycles. The van der Waals surface area contributed by atoms with Crippen LogP contribution in [0, 0.1) is 22.5 Å². The van der Waals surface area contributed by atoms with Crippen LogP contribution >= 0.6 is 0 Å². The van der Waals surface area contributed by atoms with Gasteiger partial charge in [-0.1, -0.05) is 0 Å². The minimum absolute atomic E-state index is 0. The molecule has 0 fully saturated rings. The quantitative estimate of drug-likeness (QED) is 0.325. The molecule has 46 valence electrons. The van der Waals surface area contributed by atoms with Crippen molar-refractivity contribution in [3.8, 4) is 12.3 Å². The van der Waals surface area contributed by atoms with Crippen LogP contribution in [0.2, 0.25) is 0 Å². The van der Waals surface area contributed by atoms with Gasteiger partial charge in [0.15, 0.2) is 0 Å². The molecule has 0 heterocycles. The fraction of sp³-hybridized carbons (Fsp3) is 0.333. The summed E-state index contributed by atoms with van der Waals surface area (Å²) in [6.45, 7) is -0.146. The van der Waals surface area contributed by atoms with Gasteiger partial charge in [0.05, 0.1) is 0 Å². The van der Waals surface area contributed by atoms with Crippen molar-refractivity contribution in [1.82, 2.24) is 6.15 Å². The van der Waals surface area contributed by atoms with E-state index < -0.39 is 5.03 Å². The minimum atomic E-state index is -0.806. The maximum atomic E-state index is 9.30. The summed E-state index contributed by atoms with van der Waals surface area (Å²) in [5.41, 5.74) is 2.73. The van der Waals surface area contributed by atoms with Gasteiger partial charge in [0.1, 0.15) is 0 Å². The van der Waals surface area contributed by atoms with Crippen LogP contribution in [0.25, 0.3) is 5.43 Å². The lowest BCUT2D eigenvalue weighted by Crippen LogP contribution is -1.89. The molecule has 4 N–H and O–H groups in total. The fourth-order valence-electron chi connectivity index (χ4n) is 0.0986. The molecule has 0 atom stereocenters. The first-order chi connectivity index (χ1) is 3.27. The molecule has 5 heteroatoms. The third-order valence-electron chi connectivity index (χ3n) is 0.277. The van der Waals surface area contributed by atoms with Crippen molar-refractivity contribution in [3.63, 3.8) is 0 Å². The number of hydrogen-bond acceptors (Lipinski definition) is 2. The first kappa shape index (κ1) is 9.87. The van der Waals surface area contributed by atoms with Crippen molar-refractivity contribution in [3.05, 3.63) is 15.5 Å². The van der Waals surface area contributed by atoms with Gasteiger partial charge in [-0.05, 0) is 11.6 Å². The van der Waals surface area contributed by atoms with Crippen molar-refractivity contribution in [1.29, 1.82) is 0 Å². The number of terminal acetylenes is 1. The van der Waals surface area contributed by atoms with E-state index in [4.69, 9.17) is 0 Å². The van der Waals surface area contributed by atoms with E-state index in [1.165, 1.54) is 0 Å². The Labute approximate surface area is 46.8 Å². The topological polar surface area (TPSA) is 93.7 Å². The monoisotopic (exact) mass is 117 g/mol. The van der Waals surface area contributed by atoms with Gasteiger partial charge in [-0.15, -0.1) is 12.3 Å². The lowest BCUT2D eigenvalue weighted by molar-refractivity contribution is -0.425. The SMILES string of the molecule is C#CC[N-][N+](=O)[O-].[NH4+]. The van der Waals surface area contributed by atoms with E-state index in [0.717, 1.165) is 0 Å². The molecule has 0 aromatic carbocycles. The Hall–Kier alpha value is -1.28. The minimum Gasteiger partial charge on any atom is -0.369 e. The van der Waals surface area contributed by atoms with E-state index in [-0.39, 0.29) is 12.7 Å². The van der Waals surface area contributed by atoms with Gasteiger partial charge >= 0.3 is 0 Å². The highest BCUT2D eigenvalue weighted by molar-refractivity contribution is 4.93. The molecule has 0 unspecified atom stereocenters. The van der Waals surface area contributed by atoms with Crippen LogP contribution in [-0.2, 0) is 0 Å². The van der Waals surface area contributed by atoms with Gasteiger partial charge in [-0.25, -0.2) is 0 Å². The third kappa shape index (κ3) is 8.83. The van der Waals surface area contributed by atoms with Crippen LogP contribution in [0.1, 0.15) is 0 Å². The van der Waals surface area contributed by atoms with Crippen molar-refractivity contribution >= 4 is 0 Å². The molecule has 0 rings (SSSR count). The van der Waals surface area contributed by atoms with Crippen LogP contribution in [0.5, 0.6) is 0 Å². The molecule has 0 bridgehead atoms. The van der Waals surface area contributed by atoms with E-state index >= 15 is 0 Å². The molecule has 0 radical (unpaired) electrons. The maximum Gasteiger partial charge on any atom is -0.0118 e. The lowest BCUT2D eigenvalue weighted by Gasteiger charge is -1.99. The van der Waals surface area contributed by atoms with Crippen molar-refractivity contribution in [2.45, 2.75) is 0 Å². The third-order valence-corrected chi connectivity index (χ3v) is 0.277. The van der Waals surface area contributed by atoms with E-state index in [2.05, 4.69) is 11.8 Å². The Morgan fingerprint density at radius 3 is 2.50 bits per heavy atom. The average Bonchev–Trinajstić information content (AvgIpc) is 1.61. The Morgan fingerprint density at radius 1 is 1.88 bits per heavy atom. The molecule has 0 saturated heterocycles. The molecule has 0 aliphatic rings. The molecular formula is C3H7N3O2. The molecule has 0 aliphatic carbocycles. The van der Waals surface area contributed by atoms with Gasteiger partial charge in [0.2, 0.25) is 0 Å². The molecule has 5 nitrogen and oxygen atoms in total. The molecular weight excluding hydrogens is 110 g/mol. The Balaban J connectivity index is 0. The summed E-state index contributed by atoms with van der Waals surface area (Å²) in [7, 11) is 0. The van der Waals surface area contributed by atoms with Crippen molar-refractivity contribution < 1.29 is 5.03 Å². The smallest absolute Gasteiger partial charge is 0.0118 e. The van der Waals surface area contributed by atoms with Crippen LogP contribution in [0.3, 0.4) is 0 Å². The molecule has 0 aromatic rings. The summed E-state index contributed by atoms with van der Waals surface area (Å²) in [4.78, 5) is 9.30. The predicted octanol–water partition coefficient (Wildman–Crippen LogP) is 0.561. The number of hydrogen-bond donors (Lipinski definition) is 1. The van der Waals surface area contributed by atoms with Crippen molar-refractivity contribution in [2.24, 2.45) is 0 Å². The number of quaternary nitrogens is 1. The number of nitro groups is 1. The van der Waals surface area contributed by atoms with E-state index in [1.54, 1.807) is 0 Å². The summed E-state index contributed by atoms with van der Waals surface area (Å²) in [6, 6.07) is 0. The van der Waals surface area contributed by atoms with Crippen LogP contribution < -0.4 is 6.15 Å². The Bertz CT molecular complexity index is 106. The second-order valence-corrected chi connectivity index (χ2v) is 0.741. The highest BCUT2D eigenvalue weighted by Gasteiger charge is 1.67. The van der Waals surface area contributed by atoms with E-state index in [1.807, 2.05) is 5.92 Å². The lowest BCUT2D eigenvalue weighted by atomic mass is 10.7. The Morgan fingerprint density at radius 2 is 2.38 bits per heavy atom. The van der Waals surface area contributed by atoms with Crippen LogP contribution in [0.15, 0.2) is 0 Å². The maximum absolute atomic E-state index is 9.30. The van der Waals surface area contributed by atoms with Gasteiger partial charge < -0.3 is 11.6 Å². The molecule has 0 aliphatic heterocycles. The zero-order chi connectivity index (χ0) is 5.70. The molecule has 0 saturated carbocycles. The van der Waals surface area contributed by atoms with E-state index in [0.29, 0.717) is 0 Å². The average molecular weight is 117 g/mol. The standard InChI is InChI=1S/C3H3N2O2.H3N/c1-2-3-4-5(6)7;/h1H,3H2;1H3/q-1;/p+1. The zero-order valence-corrected chi connectivity index (χ0v) is 4.50. The molecule has 0 spiro atoms. The summed E-state index contributed by atoms with van der Waals surface area (Å²) < 4.78 is 0. The predicted molar refractivity (Wildman–Crippen MR) is 30.0 cm³/mol. The summed E-state index contributed by atoms with van der Waals surface area (Å²) in [6.07, 6.45) is 4.63. The van der Waals surface area contributed by atoms with Gasteiger partial charge in [-0.3, -0.25) is 10.1 Å². The van der Waals surface area contributed by atoms with Gasteiger partial charge in [0.25, 0.3) is 0 Å².